The SMILES string of the molecule is COCCn1c(N)c(N(Cc2ccccc2)C(=O)[C@H](C)Oc2ccc(Br)cc2)c(=O)[nH]c1=O. The van der Waals surface area contributed by atoms with Crippen LogP contribution < -0.4 is 26.6 Å². The Morgan fingerprint density at radius 3 is 2.45 bits per heavy atom. The zero-order valence-electron chi connectivity index (χ0n) is 18.3. The average Bonchev–Trinajstić information content (AvgIpc) is 2.79. The third-order valence-electron chi connectivity index (χ3n) is 4.93. The Hall–Kier alpha value is -3.37. The van der Waals surface area contributed by atoms with E-state index in [-0.39, 0.29) is 31.2 Å². The molecule has 1 aromatic heterocycles. The number of hydrogen-bond donors (Lipinski definition) is 2. The summed E-state index contributed by atoms with van der Waals surface area (Å²) in [6.07, 6.45) is -0.937. The predicted molar refractivity (Wildman–Crippen MR) is 129 cm³/mol. The molecule has 0 aliphatic carbocycles. The number of carbonyl (C=O) groups is 1. The first-order valence-corrected chi connectivity index (χ1v) is 11.0. The normalized spacial score (nSPS) is 11.7. The lowest BCUT2D eigenvalue weighted by Gasteiger charge is -2.27. The number of benzene rings is 2. The molecular weight excluding hydrogens is 492 g/mol. The smallest absolute Gasteiger partial charge is 0.330 e. The predicted octanol–water partition coefficient (Wildman–Crippen LogP) is 2.53. The highest BCUT2D eigenvalue weighted by Crippen LogP contribution is 2.23. The number of amides is 1. The first-order chi connectivity index (χ1) is 15.8. The van der Waals surface area contributed by atoms with Crippen molar-refractivity contribution in [3.05, 3.63) is 85.5 Å². The molecule has 174 valence electrons. The summed E-state index contributed by atoms with van der Waals surface area (Å²) in [5.41, 5.74) is 5.45. The molecule has 0 aliphatic heterocycles. The van der Waals surface area contributed by atoms with Crippen molar-refractivity contribution in [3.63, 3.8) is 0 Å². The molecular formula is C23H25BrN4O5. The third-order valence-corrected chi connectivity index (χ3v) is 5.46. The van der Waals surface area contributed by atoms with E-state index in [0.717, 1.165) is 10.0 Å². The van der Waals surface area contributed by atoms with Crippen molar-refractivity contribution in [1.82, 2.24) is 9.55 Å². The van der Waals surface area contributed by atoms with Crippen molar-refractivity contribution in [3.8, 4) is 5.75 Å². The van der Waals surface area contributed by atoms with E-state index in [9.17, 15) is 14.4 Å². The Bertz CT molecular complexity index is 1210. The van der Waals surface area contributed by atoms with Gasteiger partial charge in [0.1, 0.15) is 11.6 Å². The van der Waals surface area contributed by atoms with Gasteiger partial charge in [0.2, 0.25) is 0 Å². The lowest BCUT2D eigenvalue weighted by atomic mass is 10.2. The number of methoxy groups -OCH3 is 1. The summed E-state index contributed by atoms with van der Waals surface area (Å²) in [6.45, 7) is 1.96. The van der Waals surface area contributed by atoms with Crippen LogP contribution in [0.3, 0.4) is 0 Å². The number of anilines is 2. The van der Waals surface area contributed by atoms with Crippen molar-refractivity contribution in [2.45, 2.75) is 26.1 Å². The van der Waals surface area contributed by atoms with E-state index < -0.39 is 23.3 Å². The minimum absolute atomic E-state index is 0.0590. The molecule has 0 radical (unpaired) electrons. The van der Waals surface area contributed by atoms with Crippen LogP contribution in [-0.4, -0.2) is 35.3 Å². The number of nitrogens with one attached hydrogen (secondary N) is 1. The molecule has 0 unspecified atom stereocenters. The molecule has 3 N–H and O–H groups in total. The molecule has 1 atom stereocenters. The molecule has 1 heterocycles. The number of ether oxygens (including phenoxy) is 2. The molecule has 0 fully saturated rings. The van der Waals surface area contributed by atoms with Crippen LogP contribution in [0.4, 0.5) is 11.5 Å². The van der Waals surface area contributed by atoms with Crippen LogP contribution in [0, 0.1) is 0 Å². The van der Waals surface area contributed by atoms with Crippen molar-refractivity contribution >= 4 is 33.3 Å². The van der Waals surface area contributed by atoms with Gasteiger partial charge in [0, 0.05) is 11.6 Å². The quantitative estimate of drug-likeness (QED) is 0.450. The number of nitrogens with two attached hydrogens (primary N) is 1. The molecule has 3 aromatic rings. The number of nitrogen functional groups attached to an aromatic ring is 1. The Kier molecular flexibility index (Phi) is 8.07. The molecule has 3 rings (SSSR count). The maximum Gasteiger partial charge on any atom is 0.330 e. The van der Waals surface area contributed by atoms with E-state index in [1.165, 1.54) is 16.6 Å². The lowest BCUT2D eigenvalue weighted by Crippen LogP contribution is -2.45. The molecule has 1 amide bonds. The largest absolute Gasteiger partial charge is 0.481 e. The summed E-state index contributed by atoms with van der Waals surface area (Å²) in [4.78, 5) is 42.1. The van der Waals surface area contributed by atoms with Crippen molar-refractivity contribution in [1.29, 1.82) is 0 Å². The van der Waals surface area contributed by atoms with Gasteiger partial charge in [-0.3, -0.25) is 24.0 Å². The van der Waals surface area contributed by atoms with Crippen LogP contribution in [0.1, 0.15) is 12.5 Å². The number of halogens is 1. The summed E-state index contributed by atoms with van der Waals surface area (Å²) in [5, 5.41) is 0. The first kappa shape index (κ1) is 24.3. The summed E-state index contributed by atoms with van der Waals surface area (Å²) in [5.74, 6) is -0.123. The highest BCUT2D eigenvalue weighted by molar-refractivity contribution is 9.10. The fourth-order valence-corrected chi connectivity index (χ4v) is 3.53. The van der Waals surface area contributed by atoms with Crippen LogP contribution in [-0.2, 0) is 22.6 Å². The second kappa shape index (κ2) is 11.0. The first-order valence-electron chi connectivity index (χ1n) is 10.2. The number of aromatic amines is 1. The molecule has 0 spiro atoms. The van der Waals surface area contributed by atoms with Crippen molar-refractivity contribution in [2.75, 3.05) is 24.4 Å². The third kappa shape index (κ3) is 5.91. The van der Waals surface area contributed by atoms with E-state index in [1.807, 2.05) is 30.3 Å². The van der Waals surface area contributed by atoms with Crippen LogP contribution in [0.25, 0.3) is 0 Å². The van der Waals surface area contributed by atoms with E-state index in [4.69, 9.17) is 15.2 Å². The fourth-order valence-electron chi connectivity index (χ4n) is 3.26. The minimum atomic E-state index is -0.937. The zero-order chi connectivity index (χ0) is 24.0. The topological polar surface area (TPSA) is 120 Å². The summed E-state index contributed by atoms with van der Waals surface area (Å²) in [6, 6.07) is 16.2. The van der Waals surface area contributed by atoms with E-state index in [0.29, 0.717) is 5.75 Å². The van der Waals surface area contributed by atoms with Gasteiger partial charge < -0.3 is 15.2 Å². The molecule has 0 saturated heterocycles. The maximum absolute atomic E-state index is 13.5. The summed E-state index contributed by atoms with van der Waals surface area (Å²) < 4.78 is 12.9. The van der Waals surface area contributed by atoms with Gasteiger partial charge in [0.25, 0.3) is 11.5 Å². The highest BCUT2D eigenvalue weighted by atomic mass is 79.9. The summed E-state index contributed by atoms with van der Waals surface area (Å²) >= 11 is 3.36. The van der Waals surface area contributed by atoms with Gasteiger partial charge >= 0.3 is 5.69 Å². The Morgan fingerprint density at radius 1 is 1.15 bits per heavy atom. The minimum Gasteiger partial charge on any atom is -0.481 e. The number of rotatable bonds is 9. The van der Waals surface area contributed by atoms with Gasteiger partial charge in [-0.15, -0.1) is 0 Å². The molecule has 0 aliphatic rings. The summed E-state index contributed by atoms with van der Waals surface area (Å²) in [7, 11) is 1.49. The Balaban J connectivity index is 2.03. The van der Waals surface area contributed by atoms with Gasteiger partial charge in [-0.05, 0) is 36.8 Å². The number of aromatic nitrogens is 2. The standard InChI is InChI=1S/C23H25BrN4O5/c1-15(33-18-10-8-17(24)9-11-18)22(30)28(14-16-6-4-3-5-7-16)19-20(25)27(12-13-32-2)23(31)26-21(19)29/h3-11,15H,12-14,25H2,1-2H3,(H,26,29,31)/t15-/m0/s1. The van der Waals surface area contributed by atoms with Gasteiger partial charge in [0.15, 0.2) is 11.8 Å². The molecule has 2 aromatic carbocycles. The number of hydrogen-bond acceptors (Lipinski definition) is 6. The lowest BCUT2D eigenvalue weighted by molar-refractivity contribution is -0.124. The van der Waals surface area contributed by atoms with Gasteiger partial charge in [-0.2, -0.15) is 0 Å². The Labute approximate surface area is 198 Å². The van der Waals surface area contributed by atoms with Gasteiger partial charge in [0.05, 0.1) is 19.7 Å². The van der Waals surface area contributed by atoms with E-state index >= 15 is 0 Å². The average molecular weight is 517 g/mol. The second-order valence-electron chi connectivity index (χ2n) is 7.26. The van der Waals surface area contributed by atoms with Gasteiger partial charge in [-0.1, -0.05) is 46.3 Å². The van der Waals surface area contributed by atoms with Crippen LogP contribution >= 0.6 is 15.9 Å². The second-order valence-corrected chi connectivity index (χ2v) is 8.18. The zero-order valence-corrected chi connectivity index (χ0v) is 19.9. The number of nitrogens with zero attached hydrogens (tertiary/aromatic N) is 2. The van der Waals surface area contributed by atoms with Crippen molar-refractivity contribution in [2.24, 2.45) is 0 Å². The molecule has 0 saturated carbocycles. The fraction of sp³-hybridized carbons (Fsp3) is 0.261. The number of H-pyrrole nitrogens is 1. The van der Waals surface area contributed by atoms with Gasteiger partial charge in [-0.25, -0.2) is 4.79 Å². The Morgan fingerprint density at radius 2 is 1.82 bits per heavy atom. The van der Waals surface area contributed by atoms with E-state index in [1.54, 1.807) is 31.2 Å². The molecule has 33 heavy (non-hydrogen) atoms. The highest BCUT2D eigenvalue weighted by Gasteiger charge is 2.29. The van der Waals surface area contributed by atoms with E-state index in [2.05, 4.69) is 20.9 Å². The number of carbonyl (C=O) groups excluding carboxylic acids is 1. The van der Waals surface area contributed by atoms with Crippen LogP contribution in [0.15, 0.2) is 68.7 Å². The monoisotopic (exact) mass is 516 g/mol. The van der Waals surface area contributed by atoms with Crippen LogP contribution in [0.5, 0.6) is 5.75 Å². The molecule has 10 heteroatoms. The maximum atomic E-state index is 13.5. The van der Waals surface area contributed by atoms with Crippen LogP contribution in [0.2, 0.25) is 0 Å². The molecule has 9 nitrogen and oxygen atoms in total. The van der Waals surface area contributed by atoms with Crippen molar-refractivity contribution < 1.29 is 14.3 Å². The molecule has 0 bridgehead atoms.